The largest absolute Gasteiger partial charge is 0.459 e. The zero-order valence-corrected chi connectivity index (χ0v) is 9.22. The maximum atomic E-state index is 11.8. The molecule has 0 aromatic heterocycles. The van der Waals surface area contributed by atoms with E-state index in [9.17, 15) is 4.79 Å². The van der Waals surface area contributed by atoms with Crippen molar-refractivity contribution in [3.8, 4) is 0 Å². The van der Waals surface area contributed by atoms with Gasteiger partial charge in [-0.15, -0.1) is 0 Å². The van der Waals surface area contributed by atoms with Crippen molar-refractivity contribution in [3.05, 3.63) is 0 Å². The molecule has 2 rings (SSSR count). The Morgan fingerprint density at radius 1 is 1.36 bits per heavy atom. The van der Waals surface area contributed by atoms with Gasteiger partial charge in [0.05, 0.1) is 0 Å². The molecule has 2 aliphatic rings. The highest BCUT2D eigenvalue weighted by Crippen LogP contribution is 2.67. The van der Waals surface area contributed by atoms with E-state index in [0.717, 1.165) is 19.3 Å². The normalized spacial score (nSPS) is 33.7. The summed E-state index contributed by atoms with van der Waals surface area (Å²) in [5.74, 6) is -0.204. The summed E-state index contributed by atoms with van der Waals surface area (Å²) < 4.78 is 5.33. The molecule has 0 heterocycles. The monoisotopic (exact) mass is 197 g/mol. The minimum atomic E-state index is -0.654. The maximum Gasteiger partial charge on any atom is 0.327 e. The van der Waals surface area contributed by atoms with Crippen LogP contribution in [0.3, 0.4) is 0 Å². The van der Waals surface area contributed by atoms with E-state index >= 15 is 0 Å². The van der Waals surface area contributed by atoms with Crippen LogP contribution in [0, 0.1) is 5.41 Å². The average Bonchev–Trinajstić information content (AvgIpc) is 2.54. The van der Waals surface area contributed by atoms with Crippen LogP contribution in [0.1, 0.15) is 46.5 Å². The highest BCUT2D eigenvalue weighted by atomic mass is 16.6. The molecule has 14 heavy (non-hydrogen) atoms. The van der Waals surface area contributed by atoms with Gasteiger partial charge in [-0.05, 0) is 40.0 Å². The third kappa shape index (κ3) is 1.26. The van der Waals surface area contributed by atoms with Crippen LogP contribution in [0.5, 0.6) is 0 Å². The number of nitrogens with two attached hydrogens (primary N) is 1. The summed E-state index contributed by atoms with van der Waals surface area (Å²) in [6.07, 6.45) is 4.24. The summed E-state index contributed by atoms with van der Waals surface area (Å²) in [6, 6.07) is 0. The molecule has 0 saturated heterocycles. The van der Waals surface area contributed by atoms with E-state index in [4.69, 9.17) is 10.5 Å². The minimum absolute atomic E-state index is 0.120. The van der Waals surface area contributed by atoms with Crippen LogP contribution in [0.4, 0.5) is 0 Å². The summed E-state index contributed by atoms with van der Waals surface area (Å²) in [6.45, 7) is 5.64. The topological polar surface area (TPSA) is 52.3 Å². The first-order valence-electron chi connectivity index (χ1n) is 5.32. The Bertz CT molecular complexity index is 276. The van der Waals surface area contributed by atoms with Gasteiger partial charge in [0.2, 0.25) is 0 Å². The van der Waals surface area contributed by atoms with Gasteiger partial charge in [0, 0.05) is 5.41 Å². The van der Waals surface area contributed by atoms with Gasteiger partial charge in [0.25, 0.3) is 0 Å². The lowest BCUT2D eigenvalue weighted by Gasteiger charge is -2.31. The molecule has 2 aliphatic carbocycles. The second-order valence-corrected chi connectivity index (χ2v) is 5.78. The first kappa shape index (κ1) is 9.97. The van der Waals surface area contributed by atoms with Gasteiger partial charge < -0.3 is 10.5 Å². The lowest BCUT2D eigenvalue weighted by Crippen LogP contribution is -2.45. The fraction of sp³-hybridized carbons (Fsp3) is 0.909. The standard InChI is InChI=1S/C11H19NO2/c1-9(2,3)14-8(13)11(12)7-10(11)5-4-6-10/h4-7,12H2,1-3H3. The van der Waals surface area contributed by atoms with Crippen LogP contribution in [0.15, 0.2) is 0 Å². The van der Waals surface area contributed by atoms with E-state index < -0.39 is 11.1 Å². The summed E-state index contributed by atoms with van der Waals surface area (Å²) in [5, 5.41) is 0. The summed E-state index contributed by atoms with van der Waals surface area (Å²) in [5.41, 5.74) is 5.11. The van der Waals surface area contributed by atoms with Gasteiger partial charge in [0.15, 0.2) is 0 Å². The van der Waals surface area contributed by atoms with Crippen molar-refractivity contribution in [1.82, 2.24) is 0 Å². The van der Waals surface area contributed by atoms with Crippen molar-refractivity contribution in [1.29, 1.82) is 0 Å². The zero-order valence-electron chi connectivity index (χ0n) is 9.22. The first-order valence-corrected chi connectivity index (χ1v) is 5.32. The molecule has 1 spiro atoms. The van der Waals surface area contributed by atoms with Gasteiger partial charge in [0.1, 0.15) is 11.1 Å². The molecule has 1 unspecified atom stereocenters. The Kier molecular flexibility index (Phi) is 1.79. The van der Waals surface area contributed by atoms with Crippen LogP contribution >= 0.6 is 0 Å². The Morgan fingerprint density at radius 3 is 2.21 bits per heavy atom. The summed E-state index contributed by atoms with van der Waals surface area (Å²) >= 11 is 0. The molecule has 0 amide bonds. The number of esters is 1. The quantitative estimate of drug-likeness (QED) is 0.650. The van der Waals surface area contributed by atoms with E-state index in [2.05, 4.69) is 0 Å². The lowest BCUT2D eigenvalue weighted by molar-refractivity contribution is -0.159. The number of carbonyl (C=O) groups is 1. The molecule has 3 heteroatoms. The fourth-order valence-electron chi connectivity index (χ4n) is 2.37. The number of hydrogen-bond acceptors (Lipinski definition) is 3. The van der Waals surface area contributed by atoms with E-state index in [0.29, 0.717) is 0 Å². The predicted molar refractivity (Wildman–Crippen MR) is 53.7 cm³/mol. The van der Waals surface area contributed by atoms with Crippen molar-refractivity contribution in [2.24, 2.45) is 11.1 Å². The molecule has 1 atom stereocenters. The molecule has 0 aromatic rings. The number of hydrogen-bond donors (Lipinski definition) is 1. The van der Waals surface area contributed by atoms with E-state index in [-0.39, 0.29) is 11.4 Å². The van der Waals surface area contributed by atoms with Crippen molar-refractivity contribution >= 4 is 5.97 Å². The molecular formula is C11H19NO2. The third-order valence-corrected chi connectivity index (χ3v) is 3.51. The molecule has 0 radical (unpaired) electrons. The molecule has 2 fully saturated rings. The van der Waals surface area contributed by atoms with Crippen molar-refractivity contribution in [3.63, 3.8) is 0 Å². The molecule has 2 N–H and O–H groups in total. The number of ether oxygens (including phenoxy) is 1. The molecule has 3 nitrogen and oxygen atoms in total. The van der Waals surface area contributed by atoms with E-state index in [1.54, 1.807) is 0 Å². The zero-order chi connectivity index (χ0) is 10.6. The van der Waals surface area contributed by atoms with Crippen LogP contribution in [-0.4, -0.2) is 17.1 Å². The van der Waals surface area contributed by atoms with E-state index in [1.807, 2.05) is 20.8 Å². The fourth-order valence-corrected chi connectivity index (χ4v) is 2.37. The minimum Gasteiger partial charge on any atom is -0.459 e. The van der Waals surface area contributed by atoms with Gasteiger partial charge in [-0.3, -0.25) is 4.79 Å². The van der Waals surface area contributed by atoms with E-state index in [1.165, 1.54) is 6.42 Å². The molecule has 0 aromatic carbocycles. The van der Waals surface area contributed by atoms with Crippen LogP contribution in [0.25, 0.3) is 0 Å². The van der Waals surface area contributed by atoms with Crippen molar-refractivity contribution < 1.29 is 9.53 Å². The van der Waals surface area contributed by atoms with Crippen molar-refractivity contribution in [2.75, 3.05) is 0 Å². The smallest absolute Gasteiger partial charge is 0.327 e. The van der Waals surface area contributed by atoms with Gasteiger partial charge in [-0.25, -0.2) is 0 Å². The lowest BCUT2D eigenvalue weighted by atomic mass is 9.78. The molecule has 0 aliphatic heterocycles. The van der Waals surface area contributed by atoms with Gasteiger partial charge >= 0.3 is 5.97 Å². The SMILES string of the molecule is CC(C)(C)OC(=O)C1(N)CC12CCC2. The van der Waals surface area contributed by atoms with Crippen LogP contribution in [0.2, 0.25) is 0 Å². The predicted octanol–water partition coefficient (Wildman–Crippen LogP) is 1.60. The molecular weight excluding hydrogens is 178 g/mol. The highest BCUT2D eigenvalue weighted by molar-refractivity contribution is 5.87. The van der Waals surface area contributed by atoms with Gasteiger partial charge in [-0.2, -0.15) is 0 Å². The van der Waals surface area contributed by atoms with Crippen LogP contribution < -0.4 is 5.73 Å². The average molecular weight is 197 g/mol. The highest BCUT2D eigenvalue weighted by Gasteiger charge is 2.72. The number of rotatable bonds is 1. The number of carbonyl (C=O) groups excluding carboxylic acids is 1. The Hall–Kier alpha value is -0.570. The maximum absolute atomic E-state index is 11.8. The van der Waals surface area contributed by atoms with Gasteiger partial charge in [-0.1, -0.05) is 6.42 Å². The Balaban J connectivity index is 2.00. The second kappa shape index (κ2) is 2.51. The van der Waals surface area contributed by atoms with Crippen molar-refractivity contribution in [2.45, 2.75) is 57.6 Å². The molecule has 80 valence electrons. The molecule has 0 bridgehead atoms. The first-order chi connectivity index (χ1) is 6.29. The Labute approximate surface area is 85.0 Å². The second-order valence-electron chi connectivity index (χ2n) is 5.78. The summed E-state index contributed by atoms with van der Waals surface area (Å²) in [4.78, 5) is 11.8. The molecule has 2 saturated carbocycles. The third-order valence-electron chi connectivity index (χ3n) is 3.51. The summed E-state index contributed by atoms with van der Waals surface area (Å²) in [7, 11) is 0. The Morgan fingerprint density at radius 2 is 1.93 bits per heavy atom. The van der Waals surface area contributed by atoms with Crippen LogP contribution in [-0.2, 0) is 9.53 Å².